The molecule has 0 saturated heterocycles. The van der Waals surface area contributed by atoms with Crippen LogP contribution in [0.5, 0.6) is 34.5 Å². The summed E-state index contributed by atoms with van der Waals surface area (Å²) in [7, 11) is -11.6. The van der Waals surface area contributed by atoms with Gasteiger partial charge in [-0.1, -0.05) is 121 Å². The molecule has 50 heavy (non-hydrogen) atoms. The second-order valence-electron chi connectivity index (χ2n) is 10.6. The third-order valence-electron chi connectivity index (χ3n) is 6.74. The summed E-state index contributed by atoms with van der Waals surface area (Å²) in [4.78, 5) is 0. The predicted molar refractivity (Wildman–Crippen MR) is 201 cm³/mol. The normalized spacial score (nSPS) is 11.5. The molecule has 0 fully saturated rings. The van der Waals surface area contributed by atoms with Crippen molar-refractivity contribution in [2.45, 2.75) is 6.92 Å². The third-order valence-corrected chi connectivity index (χ3v) is 14.2. The standard InChI is InChI=1S/C38H36N3O6P3/c1-2-48(42-33-21-9-3-10-22-33,43-34-23-11-4-12-24-34)40-50(46-37-29-17-7-18-30-37,47-38-31-19-8-20-32-38)41-49(39,44-35-25-13-5-14-26-35)45-36-27-15-6-16-28-36/h3-32,39H,2H2,1H3. The van der Waals surface area contributed by atoms with Gasteiger partial charge in [0, 0.05) is 0 Å². The SMILES string of the molecule is CCP(=NP(=NP(=N)(Oc1ccccc1)Oc1ccccc1)(Oc1ccccc1)Oc1ccccc1)(Oc1ccccc1)Oc1ccccc1. The van der Waals surface area contributed by atoms with E-state index in [0.29, 0.717) is 40.7 Å². The third kappa shape index (κ3) is 9.71. The maximum atomic E-state index is 9.83. The van der Waals surface area contributed by atoms with Crippen LogP contribution in [0.4, 0.5) is 0 Å². The van der Waals surface area contributed by atoms with Crippen molar-refractivity contribution in [1.29, 1.82) is 5.16 Å². The highest BCUT2D eigenvalue weighted by atomic mass is 31.3. The van der Waals surface area contributed by atoms with Crippen molar-refractivity contribution >= 4 is 22.8 Å². The van der Waals surface area contributed by atoms with E-state index in [1.165, 1.54) is 0 Å². The molecule has 0 amide bonds. The van der Waals surface area contributed by atoms with Crippen LogP contribution >= 0.6 is 22.8 Å². The second-order valence-corrected chi connectivity index (χ2v) is 17.0. The minimum absolute atomic E-state index is 0.298. The first kappa shape index (κ1) is 34.7. The van der Waals surface area contributed by atoms with Crippen molar-refractivity contribution in [1.82, 2.24) is 0 Å². The lowest BCUT2D eigenvalue weighted by molar-refractivity contribution is 0.452. The minimum atomic E-state index is -4.09. The number of hydrogen-bond acceptors (Lipinski definition) is 7. The van der Waals surface area contributed by atoms with E-state index in [1.54, 1.807) is 48.5 Å². The fourth-order valence-electron chi connectivity index (χ4n) is 4.51. The first-order valence-corrected chi connectivity index (χ1v) is 20.7. The molecule has 9 nitrogen and oxygen atoms in total. The zero-order chi connectivity index (χ0) is 34.5. The van der Waals surface area contributed by atoms with E-state index in [-0.39, 0.29) is 0 Å². The molecule has 12 heteroatoms. The smallest absolute Gasteiger partial charge is 0.430 e. The molecule has 0 aliphatic rings. The number of benzene rings is 6. The van der Waals surface area contributed by atoms with Crippen LogP contribution in [0.15, 0.2) is 191 Å². The molecule has 0 unspecified atom stereocenters. The molecule has 0 radical (unpaired) electrons. The fourth-order valence-corrected chi connectivity index (χ4v) is 12.1. The molecule has 0 heterocycles. The van der Waals surface area contributed by atoms with Gasteiger partial charge in [0.15, 0.2) is 0 Å². The van der Waals surface area contributed by atoms with E-state index in [0.717, 1.165) is 0 Å². The molecular formula is C38H36N3O6P3. The molecule has 1 N–H and O–H groups in total. The number of nitrogens with zero attached hydrogens (tertiary/aromatic N) is 2. The van der Waals surface area contributed by atoms with Gasteiger partial charge in [0.05, 0.1) is 6.16 Å². The zero-order valence-corrected chi connectivity index (χ0v) is 29.9. The molecule has 0 atom stereocenters. The highest BCUT2D eigenvalue weighted by Gasteiger charge is 2.40. The summed E-state index contributed by atoms with van der Waals surface area (Å²) in [5.41, 5.74) is 0. The molecule has 254 valence electrons. The van der Waals surface area contributed by atoms with E-state index in [2.05, 4.69) is 0 Å². The highest BCUT2D eigenvalue weighted by Crippen LogP contribution is 2.70. The molecule has 0 spiro atoms. The second kappa shape index (κ2) is 16.5. The van der Waals surface area contributed by atoms with Crippen LogP contribution in [0, 0.1) is 5.16 Å². The summed E-state index contributed by atoms with van der Waals surface area (Å²) < 4.78 is 50.1. The molecule has 0 saturated carbocycles. The summed E-state index contributed by atoms with van der Waals surface area (Å²) in [6, 6.07) is 54.7. The zero-order valence-electron chi connectivity index (χ0n) is 27.2. The van der Waals surface area contributed by atoms with Crippen molar-refractivity contribution in [2.75, 3.05) is 6.16 Å². The molecule has 6 aromatic rings. The Hall–Kier alpha value is -5.19. The molecule has 0 aliphatic carbocycles. The summed E-state index contributed by atoms with van der Waals surface area (Å²) in [5.74, 6) is 2.64. The molecule has 0 aliphatic heterocycles. The summed E-state index contributed by atoms with van der Waals surface area (Å²) in [5, 5.41) is 9.83. The van der Waals surface area contributed by atoms with Gasteiger partial charge in [0.2, 0.25) is 0 Å². The Morgan fingerprint density at radius 1 is 0.380 bits per heavy atom. The minimum Gasteiger partial charge on any atom is -0.430 e. The first-order chi connectivity index (χ1) is 24.4. The lowest BCUT2D eigenvalue weighted by Crippen LogP contribution is -2.08. The van der Waals surface area contributed by atoms with Gasteiger partial charge in [0.1, 0.15) is 34.5 Å². The van der Waals surface area contributed by atoms with Crippen LogP contribution in [0.1, 0.15) is 6.92 Å². The van der Waals surface area contributed by atoms with Crippen molar-refractivity contribution in [2.24, 2.45) is 9.03 Å². The molecule has 0 aromatic heterocycles. The van der Waals surface area contributed by atoms with E-state index in [4.69, 9.17) is 36.2 Å². The average Bonchev–Trinajstić information content (AvgIpc) is 3.14. The van der Waals surface area contributed by atoms with Crippen LogP contribution in [-0.2, 0) is 0 Å². The number of para-hydroxylation sites is 6. The van der Waals surface area contributed by atoms with E-state index in [9.17, 15) is 5.16 Å². The molecule has 6 rings (SSSR count). The quantitative estimate of drug-likeness (QED) is 0.106. The Kier molecular flexibility index (Phi) is 11.4. The summed E-state index contributed by atoms with van der Waals surface area (Å²) in [6.45, 7) is 1.92. The Balaban J connectivity index is 1.66. The summed E-state index contributed by atoms with van der Waals surface area (Å²) >= 11 is 0. The Morgan fingerprint density at radius 3 is 0.920 bits per heavy atom. The van der Waals surface area contributed by atoms with Crippen molar-refractivity contribution in [3.63, 3.8) is 0 Å². The Labute approximate surface area is 293 Å². The van der Waals surface area contributed by atoms with Gasteiger partial charge < -0.3 is 27.1 Å². The van der Waals surface area contributed by atoms with Crippen LogP contribution in [0.3, 0.4) is 0 Å². The van der Waals surface area contributed by atoms with Crippen LogP contribution in [0.2, 0.25) is 0 Å². The van der Waals surface area contributed by atoms with Crippen LogP contribution in [-0.4, -0.2) is 6.16 Å². The maximum Gasteiger partial charge on any atom is 0.459 e. The molecule has 0 bridgehead atoms. The summed E-state index contributed by atoms with van der Waals surface area (Å²) in [6.07, 6.45) is 0.298. The van der Waals surface area contributed by atoms with E-state index in [1.807, 2.05) is 140 Å². The topological polar surface area (TPSA) is 104 Å². The van der Waals surface area contributed by atoms with Crippen molar-refractivity contribution < 1.29 is 27.1 Å². The Morgan fingerprint density at radius 2 is 0.640 bits per heavy atom. The van der Waals surface area contributed by atoms with E-state index < -0.39 is 22.8 Å². The number of rotatable bonds is 15. The van der Waals surface area contributed by atoms with Crippen LogP contribution < -0.4 is 27.1 Å². The lowest BCUT2D eigenvalue weighted by Gasteiger charge is -2.30. The average molecular weight is 724 g/mol. The van der Waals surface area contributed by atoms with Gasteiger partial charge in [-0.05, 0) is 72.8 Å². The van der Waals surface area contributed by atoms with Gasteiger partial charge in [-0.2, -0.15) is 0 Å². The largest absolute Gasteiger partial charge is 0.459 e. The van der Waals surface area contributed by atoms with Gasteiger partial charge >= 0.3 is 22.8 Å². The lowest BCUT2D eigenvalue weighted by atomic mass is 10.3. The number of hydrogen-bond donors (Lipinski definition) is 1. The molecular weight excluding hydrogens is 687 g/mol. The van der Waals surface area contributed by atoms with E-state index >= 15 is 0 Å². The van der Waals surface area contributed by atoms with Gasteiger partial charge in [-0.15, -0.1) is 4.52 Å². The maximum absolute atomic E-state index is 9.83. The Bertz CT molecular complexity index is 1960. The van der Waals surface area contributed by atoms with Gasteiger partial charge in [-0.25, -0.2) is 5.16 Å². The fraction of sp³-hybridized carbons (Fsp3) is 0.0526. The van der Waals surface area contributed by atoms with Crippen molar-refractivity contribution in [3.8, 4) is 34.5 Å². The van der Waals surface area contributed by atoms with Crippen molar-refractivity contribution in [3.05, 3.63) is 182 Å². The number of nitrogens with one attached hydrogen (secondary N) is 1. The highest BCUT2D eigenvalue weighted by molar-refractivity contribution is 7.72. The van der Waals surface area contributed by atoms with Gasteiger partial charge in [-0.3, -0.25) is 0 Å². The van der Waals surface area contributed by atoms with Crippen LogP contribution in [0.25, 0.3) is 0 Å². The van der Waals surface area contributed by atoms with Gasteiger partial charge in [0.25, 0.3) is 0 Å². The molecule has 6 aromatic carbocycles. The monoisotopic (exact) mass is 723 g/mol. The first-order valence-electron chi connectivity index (χ1n) is 15.8. The predicted octanol–water partition coefficient (Wildman–Crippen LogP) is 13.0.